The summed E-state index contributed by atoms with van der Waals surface area (Å²) in [5.41, 5.74) is 1.33. The van der Waals surface area contributed by atoms with Gasteiger partial charge in [0.25, 0.3) is 5.91 Å². The lowest BCUT2D eigenvalue weighted by Crippen LogP contribution is -2.26. The summed E-state index contributed by atoms with van der Waals surface area (Å²) < 4.78 is 5.43. The van der Waals surface area contributed by atoms with Crippen LogP contribution < -0.4 is 15.0 Å². The van der Waals surface area contributed by atoms with Crippen molar-refractivity contribution >= 4 is 34.8 Å². The van der Waals surface area contributed by atoms with E-state index in [0.29, 0.717) is 29.4 Å². The van der Waals surface area contributed by atoms with E-state index in [2.05, 4.69) is 5.32 Å². The first-order chi connectivity index (χ1) is 11.6. The number of para-hydroxylation sites is 2. The fourth-order valence-corrected chi connectivity index (χ4v) is 2.71. The molecule has 5 nitrogen and oxygen atoms in total. The highest BCUT2D eigenvalue weighted by Gasteiger charge is 2.24. The van der Waals surface area contributed by atoms with Crippen LogP contribution in [0.2, 0.25) is 5.02 Å². The molecular weight excluding hydrogens is 328 g/mol. The Bertz CT molecular complexity index is 746. The molecule has 1 aliphatic rings. The van der Waals surface area contributed by atoms with Crippen molar-refractivity contribution in [1.29, 1.82) is 0 Å². The Labute approximate surface area is 145 Å². The van der Waals surface area contributed by atoms with Crippen molar-refractivity contribution in [1.82, 2.24) is 0 Å². The van der Waals surface area contributed by atoms with Crippen molar-refractivity contribution < 1.29 is 14.3 Å². The van der Waals surface area contributed by atoms with Crippen LogP contribution in [0.15, 0.2) is 48.5 Å². The summed E-state index contributed by atoms with van der Waals surface area (Å²) in [7, 11) is 0. The maximum Gasteiger partial charge on any atom is 0.262 e. The molecule has 0 aliphatic carbocycles. The molecule has 1 N–H and O–H groups in total. The minimum absolute atomic E-state index is 0.0779. The minimum Gasteiger partial charge on any atom is -0.484 e. The molecular formula is C18H17ClN2O3. The first kappa shape index (κ1) is 16.3. The van der Waals surface area contributed by atoms with E-state index in [1.54, 1.807) is 35.2 Å². The van der Waals surface area contributed by atoms with Gasteiger partial charge in [-0.1, -0.05) is 23.7 Å². The van der Waals surface area contributed by atoms with Gasteiger partial charge in [0, 0.05) is 18.0 Å². The Morgan fingerprint density at radius 1 is 1.17 bits per heavy atom. The van der Waals surface area contributed by atoms with Crippen LogP contribution in [0.4, 0.5) is 11.4 Å². The van der Waals surface area contributed by atoms with E-state index in [4.69, 9.17) is 16.3 Å². The summed E-state index contributed by atoms with van der Waals surface area (Å²) in [5, 5.41) is 3.41. The zero-order valence-corrected chi connectivity index (χ0v) is 13.8. The highest BCUT2D eigenvalue weighted by molar-refractivity contribution is 6.30. The third-order valence-electron chi connectivity index (χ3n) is 3.73. The molecule has 1 aliphatic heterocycles. The second-order valence-electron chi connectivity index (χ2n) is 5.46. The molecule has 6 heteroatoms. The Balaban J connectivity index is 1.64. The lowest BCUT2D eigenvalue weighted by atomic mass is 10.2. The number of halogens is 1. The molecule has 2 amide bonds. The first-order valence-corrected chi connectivity index (χ1v) is 8.09. The van der Waals surface area contributed by atoms with Gasteiger partial charge >= 0.3 is 0 Å². The van der Waals surface area contributed by atoms with Crippen molar-refractivity contribution in [2.24, 2.45) is 0 Å². The molecule has 1 heterocycles. The second-order valence-corrected chi connectivity index (χ2v) is 5.89. The number of hydrogen-bond acceptors (Lipinski definition) is 3. The van der Waals surface area contributed by atoms with Crippen molar-refractivity contribution in [3.8, 4) is 5.75 Å². The van der Waals surface area contributed by atoms with Crippen molar-refractivity contribution in [2.75, 3.05) is 23.4 Å². The fourth-order valence-electron chi connectivity index (χ4n) is 2.58. The smallest absolute Gasteiger partial charge is 0.262 e. The SMILES string of the molecule is O=C(COc1ccc(Cl)cc1)Nc1ccccc1N1CCCC1=O. The Morgan fingerprint density at radius 2 is 1.92 bits per heavy atom. The van der Waals surface area contributed by atoms with Crippen LogP contribution in [-0.2, 0) is 9.59 Å². The molecule has 1 fully saturated rings. The van der Waals surface area contributed by atoms with Crippen LogP contribution in [-0.4, -0.2) is 25.0 Å². The quantitative estimate of drug-likeness (QED) is 0.903. The van der Waals surface area contributed by atoms with E-state index < -0.39 is 0 Å². The van der Waals surface area contributed by atoms with E-state index in [1.807, 2.05) is 18.2 Å². The van der Waals surface area contributed by atoms with Gasteiger partial charge in [0.05, 0.1) is 11.4 Å². The number of rotatable bonds is 5. The van der Waals surface area contributed by atoms with Crippen LogP contribution in [0.3, 0.4) is 0 Å². The first-order valence-electron chi connectivity index (χ1n) is 7.71. The molecule has 2 aromatic rings. The Morgan fingerprint density at radius 3 is 2.62 bits per heavy atom. The average Bonchev–Trinajstić information content (AvgIpc) is 3.01. The molecule has 3 rings (SSSR count). The van der Waals surface area contributed by atoms with Crippen LogP contribution in [0.5, 0.6) is 5.75 Å². The van der Waals surface area contributed by atoms with Crippen LogP contribution in [0, 0.1) is 0 Å². The van der Waals surface area contributed by atoms with Gasteiger partial charge in [-0.15, -0.1) is 0 Å². The van der Waals surface area contributed by atoms with Crippen LogP contribution in [0.1, 0.15) is 12.8 Å². The van der Waals surface area contributed by atoms with Gasteiger partial charge in [-0.05, 0) is 42.8 Å². The molecule has 0 bridgehead atoms. The van der Waals surface area contributed by atoms with E-state index >= 15 is 0 Å². The van der Waals surface area contributed by atoms with Gasteiger partial charge in [-0.25, -0.2) is 0 Å². The largest absolute Gasteiger partial charge is 0.484 e. The zero-order valence-electron chi connectivity index (χ0n) is 13.0. The minimum atomic E-state index is -0.288. The summed E-state index contributed by atoms with van der Waals surface area (Å²) in [6.45, 7) is 0.552. The second kappa shape index (κ2) is 7.36. The van der Waals surface area contributed by atoms with E-state index in [9.17, 15) is 9.59 Å². The Kier molecular flexibility index (Phi) is 5.01. The number of ether oxygens (including phenoxy) is 1. The summed E-state index contributed by atoms with van der Waals surface area (Å²) in [4.78, 5) is 25.8. The van der Waals surface area contributed by atoms with Gasteiger partial charge < -0.3 is 15.0 Å². The summed E-state index contributed by atoms with van der Waals surface area (Å²) in [6.07, 6.45) is 1.38. The molecule has 24 heavy (non-hydrogen) atoms. The van der Waals surface area contributed by atoms with E-state index in [1.165, 1.54) is 0 Å². The van der Waals surface area contributed by atoms with Gasteiger partial charge in [0.1, 0.15) is 5.75 Å². The number of hydrogen-bond donors (Lipinski definition) is 1. The molecule has 0 spiro atoms. The van der Waals surface area contributed by atoms with Gasteiger partial charge in [-0.2, -0.15) is 0 Å². The topological polar surface area (TPSA) is 58.6 Å². The maximum atomic E-state index is 12.1. The standard InChI is InChI=1S/C18H17ClN2O3/c19-13-7-9-14(10-8-13)24-12-17(22)20-15-4-1-2-5-16(15)21-11-3-6-18(21)23/h1-2,4-5,7-10H,3,6,11-12H2,(H,20,22). The van der Waals surface area contributed by atoms with Crippen LogP contribution in [0.25, 0.3) is 0 Å². The highest BCUT2D eigenvalue weighted by atomic mass is 35.5. The summed E-state index contributed by atoms with van der Waals surface area (Å²) in [5.74, 6) is 0.357. The molecule has 124 valence electrons. The average molecular weight is 345 g/mol. The normalized spacial score (nSPS) is 13.9. The van der Waals surface area contributed by atoms with E-state index in [-0.39, 0.29) is 18.4 Å². The number of benzene rings is 2. The Hall–Kier alpha value is -2.53. The van der Waals surface area contributed by atoms with E-state index in [0.717, 1.165) is 12.1 Å². The summed E-state index contributed by atoms with van der Waals surface area (Å²) >= 11 is 5.81. The number of nitrogens with one attached hydrogen (secondary N) is 1. The molecule has 0 atom stereocenters. The lowest BCUT2D eigenvalue weighted by molar-refractivity contribution is -0.118. The van der Waals surface area contributed by atoms with Gasteiger partial charge in [-0.3, -0.25) is 9.59 Å². The van der Waals surface area contributed by atoms with Gasteiger partial charge in [0.2, 0.25) is 5.91 Å². The molecule has 2 aromatic carbocycles. The predicted octanol–water partition coefficient (Wildman–Crippen LogP) is 3.48. The number of anilines is 2. The predicted molar refractivity (Wildman–Crippen MR) is 93.6 cm³/mol. The monoisotopic (exact) mass is 344 g/mol. The van der Waals surface area contributed by atoms with Crippen molar-refractivity contribution in [3.63, 3.8) is 0 Å². The zero-order chi connectivity index (χ0) is 16.9. The molecule has 0 aromatic heterocycles. The third-order valence-corrected chi connectivity index (χ3v) is 3.98. The number of nitrogens with zero attached hydrogens (tertiary/aromatic N) is 1. The molecule has 0 unspecified atom stereocenters. The molecule has 0 saturated carbocycles. The number of carbonyl (C=O) groups excluding carboxylic acids is 2. The molecule has 1 saturated heterocycles. The molecule has 0 radical (unpaired) electrons. The lowest BCUT2D eigenvalue weighted by Gasteiger charge is -2.20. The highest BCUT2D eigenvalue weighted by Crippen LogP contribution is 2.29. The van der Waals surface area contributed by atoms with Crippen molar-refractivity contribution in [2.45, 2.75) is 12.8 Å². The third kappa shape index (κ3) is 3.86. The number of carbonyl (C=O) groups is 2. The van der Waals surface area contributed by atoms with Crippen molar-refractivity contribution in [3.05, 3.63) is 53.6 Å². The summed E-state index contributed by atoms with van der Waals surface area (Å²) in [6, 6.07) is 14.1. The number of amides is 2. The van der Waals surface area contributed by atoms with Gasteiger partial charge in [0.15, 0.2) is 6.61 Å². The maximum absolute atomic E-state index is 12.1. The fraction of sp³-hybridized carbons (Fsp3) is 0.222. The van der Waals surface area contributed by atoms with Crippen LogP contribution >= 0.6 is 11.6 Å².